The van der Waals surface area contributed by atoms with Gasteiger partial charge < -0.3 is 19.7 Å². The van der Waals surface area contributed by atoms with E-state index in [1.54, 1.807) is 42.1 Å². The smallest absolute Gasteiger partial charge is 0.322 e. The Morgan fingerprint density at radius 3 is 2.83 bits per heavy atom. The molecule has 3 aromatic rings. The van der Waals surface area contributed by atoms with Gasteiger partial charge in [-0.3, -0.25) is 14.9 Å². The number of aromatic nitrogens is 3. The van der Waals surface area contributed by atoms with Gasteiger partial charge in [-0.05, 0) is 12.1 Å². The van der Waals surface area contributed by atoms with E-state index in [1.165, 1.54) is 12.3 Å². The van der Waals surface area contributed by atoms with Crippen LogP contribution in [-0.2, 0) is 17.4 Å². The van der Waals surface area contributed by atoms with E-state index in [4.69, 9.17) is 16.1 Å². The summed E-state index contributed by atoms with van der Waals surface area (Å²) in [5, 5.41) is 11.7. The molecule has 29 heavy (non-hydrogen) atoms. The number of imidazole rings is 1. The van der Waals surface area contributed by atoms with Crippen molar-refractivity contribution >= 4 is 29.4 Å². The molecule has 0 saturated carbocycles. The summed E-state index contributed by atoms with van der Waals surface area (Å²) in [6, 6.07) is 7.73. The van der Waals surface area contributed by atoms with E-state index < -0.39 is 23.4 Å². The maximum Gasteiger partial charge on any atom is 0.322 e. The summed E-state index contributed by atoms with van der Waals surface area (Å²) in [5.41, 5.74) is -0.420. The average molecular weight is 415 g/mol. The van der Waals surface area contributed by atoms with E-state index >= 15 is 0 Å². The summed E-state index contributed by atoms with van der Waals surface area (Å²) >= 11 is 5.97. The van der Waals surface area contributed by atoms with Gasteiger partial charge in [0, 0.05) is 36.1 Å². The summed E-state index contributed by atoms with van der Waals surface area (Å²) in [6.45, 7) is -0.235. The van der Waals surface area contributed by atoms with E-state index in [2.05, 4.69) is 26.1 Å². The molecule has 0 spiro atoms. The number of carbonyl (C=O) groups is 3. The minimum atomic E-state index is -1.54. The van der Waals surface area contributed by atoms with Gasteiger partial charge >= 0.3 is 6.03 Å². The number of imide groups is 1. The molecular formula is C18H15ClN6O4. The van der Waals surface area contributed by atoms with E-state index in [1.807, 2.05) is 0 Å². The number of amides is 4. The summed E-state index contributed by atoms with van der Waals surface area (Å²) < 4.78 is 6.70. The predicted molar refractivity (Wildman–Crippen MR) is 101 cm³/mol. The molecule has 3 N–H and O–H groups in total. The first-order chi connectivity index (χ1) is 13.9. The van der Waals surface area contributed by atoms with Crippen molar-refractivity contribution in [3.05, 3.63) is 59.3 Å². The van der Waals surface area contributed by atoms with Gasteiger partial charge in [0.25, 0.3) is 11.8 Å². The van der Waals surface area contributed by atoms with Crippen LogP contribution in [0.2, 0.25) is 5.02 Å². The minimum Gasteiger partial charge on any atom is -0.350 e. The Morgan fingerprint density at radius 1 is 1.34 bits per heavy atom. The number of benzene rings is 1. The molecule has 1 aliphatic rings. The third kappa shape index (κ3) is 3.34. The second-order valence-electron chi connectivity index (χ2n) is 6.44. The number of halogens is 1. The maximum absolute atomic E-state index is 12.6. The Hall–Kier alpha value is -3.66. The molecule has 3 heterocycles. The maximum atomic E-state index is 12.6. The summed E-state index contributed by atoms with van der Waals surface area (Å²) in [6.07, 6.45) is 3.12. The number of urea groups is 1. The SMILES string of the molecule is Cn1ccnc1C1(CNC(=O)c2cc(-c3cccc(Cl)c3)no2)NC(=O)NC1=O. The third-order valence-electron chi connectivity index (χ3n) is 4.51. The summed E-state index contributed by atoms with van der Waals surface area (Å²) in [5.74, 6) is -0.999. The highest BCUT2D eigenvalue weighted by Crippen LogP contribution is 2.24. The number of carbonyl (C=O) groups excluding carboxylic acids is 3. The molecule has 1 fully saturated rings. The monoisotopic (exact) mass is 414 g/mol. The van der Waals surface area contributed by atoms with Crippen molar-refractivity contribution in [2.75, 3.05) is 6.54 Å². The molecule has 4 rings (SSSR count). The normalized spacial score (nSPS) is 18.4. The quantitative estimate of drug-likeness (QED) is 0.537. The standard InChI is InChI=1S/C18H15ClN6O4/c1-25-6-5-20-15(25)18(16(27)22-17(28)23-18)9-21-14(26)13-8-12(24-29-13)10-3-2-4-11(19)7-10/h2-8H,9H2,1H3,(H,21,26)(H2,22,23,27,28). The van der Waals surface area contributed by atoms with Crippen LogP contribution in [0, 0.1) is 0 Å². The largest absolute Gasteiger partial charge is 0.350 e. The van der Waals surface area contributed by atoms with Gasteiger partial charge in [0.1, 0.15) is 11.5 Å². The van der Waals surface area contributed by atoms with Crippen molar-refractivity contribution in [3.8, 4) is 11.3 Å². The van der Waals surface area contributed by atoms with Gasteiger partial charge in [0.15, 0.2) is 5.54 Å². The van der Waals surface area contributed by atoms with Crippen LogP contribution >= 0.6 is 11.6 Å². The Balaban J connectivity index is 1.55. The van der Waals surface area contributed by atoms with Crippen molar-refractivity contribution in [1.29, 1.82) is 0 Å². The topological polar surface area (TPSA) is 131 Å². The third-order valence-corrected chi connectivity index (χ3v) is 4.75. The fraction of sp³-hybridized carbons (Fsp3) is 0.167. The lowest BCUT2D eigenvalue weighted by Gasteiger charge is -2.25. The molecular weight excluding hydrogens is 400 g/mol. The summed E-state index contributed by atoms with van der Waals surface area (Å²) in [7, 11) is 1.68. The van der Waals surface area contributed by atoms with Gasteiger partial charge in [-0.25, -0.2) is 9.78 Å². The predicted octanol–water partition coefficient (Wildman–Crippen LogP) is 1.19. The fourth-order valence-corrected chi connectivity index (χ4v) is 3.29. The highest BCUT2D eigenvalue weighted by molar-refractivity contribution is 6.30. The van der Waals surface area contributed by atoms with E-state index in [0.29, 0.717) is 16.3 Å². The van der Waals surface area contributed by atoms with Crippen LogP contribution in [0.4, 0.5) is 4.79 Å². The number of rotatable bonds is 5. The molecule has 0 bridgehead atoms. The molecule has 4 amide bonds. The van der Waals surface area contributed by atoms with Crippen molar-refractivity contribution in [3.63, 3.8) is 0 Å². The molecule has 1 unspecified atom stereocenters. The number of hydrogen-bond acceptors (Lipinski definition) is 6. The number of nitrogens with one attached hydrogen (secondary N) is 3. The zero-order valence-corrected chi connectivity index (χ0v) is 15.9. The Bertz CT molecular complexity index is 1120. The number of hydrogen-bond donors (Lipinski definition) is 3. The Kier molecular flexibility index (Phi) is 4.55. The number of aryl methyl sites for hydroxylation is 1. The molecule has 0 radical (unpaired) electrons. The number of nitrogens with zero attached hydrogens (tertiary/aromatic N) is 3. The fourth-order valence-electron chi connectivity index (χ4n) is 3.10. The minimum absolute atomic E-state index is 0.0558. The Labute approximate surface area is 169 Å². The van der Waals surface area contributed by atoms with Gasteiger partial charge in [-0.1, -0.05) is 28.9 Å². The zero-order valence-electron chi connectivity index (χ0n) is 15.1. The molecule has 1 aliphatic heterocycles. The molecule has 2 aromatic heterocycles. The molecule has 1 aromatic carbocycles. The average Bonchev–Trinajstić information content (AvgIpc) is 3.39. The first kappa shape index (κ1) is 18.7. The van der Waals surface area contributed by atoms with E-state index in [0.717, 1.165) is 0 Å². The second kappa shape index (κ2) is 7.06. The van der Waals surface area contributed by atoms with Crippen LogP contribution in [0.15, 0.2) is 47.2 Å². The highest BCUT2D eigenvalue weighted by Gasteiger charge is 2.51. The van der Waals surface area contributed by atoms with Gasteiger partial charge in [-0.15, -0.1) is 0 Å². The van der Waals surface area contributed by atoms with Crippen molar-refractivity contribution in [1.82, 2.24) is 30.7 Å². The molecule has 11 heteroatoms. The van der Waals surface area contributed by atoms with E-state index in [-0.39, 0.29) is 18.1 Å². The molecule has 0 aliphatic carbocycles. The Morgan fingerprint density at radius 2 is 2.17 bits per heavy atom. The molecule has 10 nitrogen and oxygen atoms in total. The second-order valence-corrected chi connectivity index (χ2v) is 6.88. The lowest BCUT2D eigenvalue weighted by molar-refractivity contribution is -0.124. The first-order valence-electron chi connectivity index (χ1n) is 8.51. The first-order valence-corrected chi connectivity index (χ1v) is 8.89. The zero-order chi connectivity index (χ0) is 20.6. The van der Waals surface area contributed by atoms with Crippen LogP contribution in [0.25, 0.3) is 11.3 Å². The molecule has 1 saturated heterocycles. The van der Waals surface area contributed by atoms with Crippen LogP contribution in [0.3, 0.4) is 0 Å². The lowest BCUT2D eigenvalue weighted by atomic mass is 9.98. The van der Waals surface area contributed by atoms with Gasteiger partial charge in [0.2, 0.25) is 5.76 Å². The van der Waals surface area contributed by atoms with Crippen molar-refractivity contribution in [2.45, 2.75) is 5.54 Å². The van der Waals surface area contributed by atoms with Crippen LogP contribution < -0.4 is 16.0 Å². The highest BCUT2D eigenvalue weighted by atomic mass is 35.5. The molecule has 148 valence electrons. The molecule has 1 atom stereocenters. The lowest BCUT2D eigenvalue weighted by Crippen LogP contribution is -2.54. The van der Waals surface area contributed by atoms with Gasteiger partial charge in [0.05, 0.1) is 6.54 Å². The van der Waals surface area contributed by atoms with Crippen LogP contribution in [0.1, 0.15) is 16.4 Å². The van der Waals surface area contributed by atoms with Crippen molar-refractivity contribution in [2.24, 2.45) is 7.05 Å². The van der Waals surface area contributed by atoms with E-state index in [9.17, 15) is 14.4 Å². The van der Waals surface area contributed by atoms with Crippen LogP contribution in [-0.4, -0.2) is 39.1 Å². The summed E-state index contributed by atoms with van der Waals surface area (Å²) in [4.78, 5) is 40.9. The van der Waals surface area contributed by atoms with Crippen LogP contribution in [0.5, 0.6) is 0 Å². The van der Waals surface area contributed by atoms with Gasteiger partial charge in [-0.2, -0.15) is 0 Å². The van der Waals surface area contributed by atoms with Crippen molar-refractivity contribution < 1.29 is 18.9 Å².